The molecule has 0 spiro atoms. The van der Waals surface area contributed by atoms with Gasteiger partial charge in [0.1, 0.15) is 18.5 Å². The maximum atomic E-state index is 9.82. The summed E-state index contributed by atoms with van der Waals surface area (Å²) < 4.78 is 11.9. The van der Waals surface area contributed by atoms with Gasteiger partial charge in [-0.05, 0) is 35.9 Å². The van der Waals surface area contributed by atoms with E-state index in [1.54, 1.807) is 0 Å². The minimum atomic E-state index is -0.684. The fourth-order valence-electron chi connectivity index (χ4n) is 1.69. The molecule has 2 aromatic carbocycles. The van der Waals surface area contributed by atoms with E-state index in [2.05, 4.69) is 15.9 Å². The minimum Gasteiger partial charge on any atom is -0.491 e. The van der Waals surface area contributed by atoms with Crippen LogP contribution in [0, 0.1) is 0 Å². The zero-order chi connectivity index (χ0) is 15.1. The Kier molecular flexibility index (Phi) is 6.51. The minimum absolute atomic E-state index is 0.185. The average Bonchev–Trinajstić information content (AvgIpc) is 2.49. The number of hydrogen-bond donors (Lipinski definition) is 1. The van der Waals surface area contributed by atoms with Crippen molar-refractivity contribution in [3.8, 4) is 5.75 Å². The molecule has 3 nitrogen and oxygen atoms in total. The molecule has 0 bridgehead atoms. The molecule has 21 heavy (non-hydrogen) atoms. The highest BCUT2D eigenvalue weighted by Crippen LogP contribution is 2.17. The van der Waals surface area contributed by atoms with Gasteiger partial charge in [-0.2, -0.15) is 0 Å². The van der Waals surface area contributed by atoms with Crippen molar-refractivity contribution < 1.29 is 14.6 Å². The van der Waals surface area contributed by atoms with Crippen LogP contribution in [0.2, 0.25) is 5.02 Å². The summed E-state index contributed by atoms with van der Waals surface area (Å²) in [5.41, 5.74) is 0.903. The molecule has 0 amide bonds. The number of hydrogen-bond acceptors (Lipinski definition) is 3. The lowest BCUT2D eigenvalue weighted by Gasteiger charge is -2.13. The number of ether oxygens (including phenoxy) is 2. The number of halogens is 2. The second-order valence-corrected chi connectivity index (χ2v) is 5.85. The third-order valence-corrected chi connectivity index (χ3v) is 3.68. The van der Waals surface area contributed by atoms with Gasteiger partial charge in [-0.3, -0.25) is 0 Å². The SMILES string of the molecule is O[C@H](COCc1ccccc1Cl)COc1ccc(Br)cc1. The van der Waals surface area contributed by atoms with Gasteiger partial charge >= 0.3 is 0 Å². The van der Waals surface area contributed by atoms with Crippen LogP contribution in [0.3, 0.4) is 0 Å². The van der Waals surface area contributed by atoms with Crippen molar-refractivity contribution in [2.45, 2.75) is 12.7 Å². The molecule has 0 unspecified atom stereocenters. The monoisotopic (exact) mass is 370 g/mol. The molecular weight excluding hydrogens is 356 g/mol. The van der Waals surface area contributed by atoms with Crippen molar-refractivity contribution in [3.05, 3.63) is 63.6 Å². The molecule has 0 saturated carbocycles. The normalized spacial score (nSPS) is 12.1. The predicted molar refractivity (Wildman–Crippen MR) is 86.8 cm³/mol. The van der Waals surface area contributed by atoms with E-state index in [1.165, 1.54) is 0 Å². The van der Waals surface area contributed by atoms with Gasteiger partial charge in [0.15, 0.2) is 0 Å². The quantitative estimate of drug-likeness (QED) is 0.798. The van der Waals surface area contributed by atoms with Crippen molar-refractivity contribution in [1.29, 1.82) is 0 Å². The molecule has 1 atom stereocenters. The van der Waals surface area contributed by atoms with Crippen molar-refractivity contribution in [1.82, 2.24) is 0 Å². The summed E-state index contributed by atoms with van der Waals surface area (Å²) in [5.74, 6) is 0.711. The first-order valence-corrected chi connectivity index (χ1v) is 7.70. The van der Waals surface area contributed by atoms with Crippen LogP contribution in [0.15, 0.2) is 53.0 Å². The second-order valence-electron chi connectivity index (χ2n) is 4.53. The topological polar surface area (TPSA) is 38.7 Å². The van der Waals surface area contributed by atoms with E-state index in [0.717, 1.165) is 10.0 Å². The summed E-state index contributed by atoms with van der Waals surface area (Å²) in [6.45, 7) is 0.751. The molecule has 1 N–H and O–H groups in total. The van der Waals surface area contributed by atoms with Crippen molar-refractivity contribution in [2.24, 2.45) is 0 Å². The summed E-state index contributed by atoms with van der Waals surface area (Å²) in [6.07, 6.45) is -0.684. The van der Waals surface area contributed by atoms with Gasteiger partial charge in [0.2, 0.25) is 0 Å². The Balaban J connectivity index is 1.69. The molecule has 0 radical (unpaired) electrons. The summed E-state index contributed by atoms with van der Waals surface area (Å²) >= 11 is 9.37. The van der Waals surface area contributed by atoms with Gasteiger partial charge in [0.25, 0.3) is 0 Å². The van der Waals surface area contributed by atoms with Gasteiger partial charge in [-0.15, -0.1) is 0 Å². The van der Waals surface area contributed by atoms with Gasteiger partial charge in [-0.25, -0.2) is 0 Å². The van der Waals surface area contributed by atoms with E-state index >= 15 is 0 Å². The Morgan fingerprint density at radius 2 is 1.76 bits per heavy atom. The van der Waals surface area contributed by atoms with E-state index in [-0.39, 0.29) is 13.2 Å². The second kappa shape index (κ2) is 8.39. The first-order chi connectivity index (χ1) is 10.1. The summed E-state index contributed by atoms with van der Waals surface area (Å²) in [5, 5.41) is 10.5. The third kappa shape index (κ3) is 5.67. The van der Waals surface area contributed by atoms with E-state index in [4.69, 9.17) is 21.1 Å². The van der Waals surface area contributed by atoms with Gasteiger partial charge in [0.05, 0.1) is 13.2 Å². The average molecular weight is 372 g/mol. The first-order valence-electron chi connectivity index (χ1n) is 6.53. The number of benzene rings is 2. The smallest absolute Gasteiger partial charge is 0.119 e. The Bertz CT molecular complexity index is 560. The standard InChI is InChI=1S/C16H16BrClO3/c17-13-5-7-15(8-6-13)21-11-14(19)10-20-9-12-3-1-2-4-16(12)18/h1-8,14,19H,9-11H2/t14-/m1/s1. The fourth-order valence-corrected chi connectivity index (χ4v) is 2.15. The lowest BCUT2D eigenvalue weighted by atomic mass is 10.2. The highest BCUT2D eigenvalue weighted by Gasteiger charge is 2.07. The van der Waals surface area contributed by atoms with Crippen LogP contribution in [0.25, 0.3) is 0 Å². The number of rotatable bonds is 7. The summed E-state index contributed by atoms with van der Waals surface area (Å²) in [7, 11) is 0. The Morgan fingerprint density at radius 3 is 2.48 bits per heavy atom. The maximum Gasteiger partial charge on any atom is 0.119 e. The van der Waals surface area contributed by atoms with E-state index in [9.17, 15) is 5.11 Å². The number of aliphatic hydroxyl groups excluding tert-OH is 1. The lowest BCUT2D eigenvalue weighted by molar-refractivity contribution is 0.00551. The first kappa shape index (κ1) is 16.3. The zero-order valence-corrected chi connectivity index (χ0v) is 13.7. The largest absolute Gasteiger partial charge is 0.491 e. The molecule has 0 aliphatic carbocycles. The lowest BCUT2D eigenvalue weighted by Crippen LogP contribution is -2.23. The van der Waals surface area contributed by atoms with Gasteiger partial charge in [-0.1, -0.05) is 45.7 Å². The molecule has 2 aromatic rings. The molecule has 2 rings (SSSR count). The van der Waals surface area contributed by atoms with Crippen LogP contribution in [0.5, 0.6) is 5.75 Å². The maximum absolute atomic E-state index is 9.82. The molecule has 0 aromatic heterocycles. The van der Waals surface area contributed by atoms with Gasteiger partial charge in [0, 0.05) is 9.50 Å². The highest BCUT2D eigenvalue weighted by molar-refractivity contribution is 9.10. The van der Waals surface area contributed by atoms with E-state index in [1.807, 2.05) is 48.5 Å². The van der Waals surface area contributed by atoms with Gasteiger partial charge < -0.3 is 14.6 Å². The van der Waals surface area contributed by atoms with Crippen LogP contribution in [0.4, 0.5) is 0 Å². The highest BCUT2D eigenvalue weighted by atomic mass is 79.9. The fraction of sp³-hybridized carbons (Fsp3) is 0.250. The predicted octanol–water partition coefficient (Wildman–Crippen LogP) is 4.06. The van der Waals surface area contributed by atoms with Crippen LogP contribution in [0.1, 0.15) is 5.56 Å². The van der Waals surface area contributed by atoms with E-state index < -0.39 is 6.10 Å². The number of aliphatic hydroxyl groups is 1. The molecular formula is C16H16BrClO3. The Labute approximate surface area is 137 Å². The molecule has 0 aliphatic heterocycles. The van der Waals surface area contributed by atoms with Crippen molar-refractivity contribution in [3.63, 3.8) is 0 Å². The van der Waals surface area contributed by atoms with Crippen molar-refractivity contribution in [2.75, 3.05) is 13.2 Å². The molecule has 0 fully saturated rings. The molecule has 0 aliphatic rings. The Morgan fingerprint density at radius 1 is 1.05 bits per heavy atom. The summed E-state index contributed by atoms with van der Waals surface area (Å²) in [4.78, 5) is 0. The third-order valence-electron chi connectivity index (χ3n) is 2.78. The molecule has 112 valence electrons. The van der Waals surface area contributed by atoms with Crippen LogP contribution >= 0.6 is 27.5 Å². The zero-order valence-electron chi connectivity index (χ0n) is 11.3. The molecule has 0 saturated heterocycles. The van der Waals surface area contributed by atoms with Crippen molar-refractivity contribution >= 4 is 27.5 Å². The van der Waals surface area contributed by atoms with Crippen LogP contribution in [-0.2, 0) is 11.3 Å². The molecule has 0 heterocycles. The summed E-state index contributed by atoms with van der Waals surface area (Å²) in [6, 6.07) is 14.9. The molecule has 5 heteroatoms. The Hall–Kier alpha value is -1.07. The van der Waals surface area contributed by atoms with Crippen LogP contribution < -0.4 is 4.74 Å². The van der Waals surface area contributed by atoms with Crippen LogP contribution in [-0.4, -0.2) is 24.4 Å². The van der Waals surface area contributed by atoms with E-state index in [0.29, 0.717) is 17.4 Å².